The molecule has 0 spiro atoms. The number of Topliss-reactive ketones (excluding diaryl/α,β-unsaturated/α-hetero) is 1. The van der Waals surface area contributed by atoms with E-state index in [0.717, 1.165) is 6.29 Å². The second-order valence-corrected chi connectivity index (χ2v) is 4.61. The number of nitrogens with one attached hydrogen (secondary N) is 1. The molecular formula is C15H31NO4. The average molecular weight is 289 g/mol. The molecule has 0 saturated heterocycles. The monoisotopic (exact) mass is 289 g/mol. The first-order valence-electron chi connectivity index (χ1n) is 7.17. The highest BCUT2D eigenvalue weighted by Gasteiger charge is 2.19. The van der Waals surface area contributed by atoms with E-state index in [-0.39, 0.29) is 17.7 Å². The summed E-state index contributed by atoms with van der Waals surface area (Å²) in [7, 11) is 0. The van der Waals surface area contributed by atoms with Crippen molar-refractivity contribution in [2.45, 2.75) is 73.4 Å². The Kier molecular flexibility index (Phi) is 18.9. The van der Waals surface area contributed by atoms with Crippen molar-refractivity contribution in [3.63, 3.8) is 0 Å². The molecular weight excluding hydrogens is 258 g/mol. The van der Waals surface area contributed by atoms with E-state index in [9.17, 15) is 9.59 Å². The van der Waals surface area contributed by atoms with Crippen molar-refractivity contribution >= 4 is 18.0 Å². The number of aliphatic carboxylic acids is 1. The fourth-order valence-electron chi connectivity index (χ4n) is 1.26. The van der Waals surface area contributed by atoms with E-state index in [4.69, 9.17) is 9.90 Å². The van der Waals surface area contributed by atoms with Crippen LogP contribution in [0.5, 0.6) is 0 Å². The molecule has 1 unspecified atom stereocenters. The summed E-state index contributed by atoms with van der Waals surface area (Å²) in [4.78, 5) is 31.0. The van der Waals surface area contributed by atoms with Crippen molar-refractivity contribution in [3.05, 3.63) is 0 Å². The molecule has 120 valence electrons. The van der Waals surface area contributed by atoms with E-state index in [1.54, 1.807) is 0 Å². The number of carboxylic acids is 1. The third-order valence-electron chi connectivity index (χ3n) is 2.16. The highest BCUT2D eigenvalue weighted by atomic mass is 16.4. The van der Waals surface area contributed by atoms with Gasteiger partial charge in [0.2, 0.25) is 0 Å². The maximum Gasteiger partial charge on any atom is 0.320 e. The molecule has 0 aromatic heterocycles. The molecule has 2 N–H and O–H groups in total. The maximum absolute atomic E-state index is 11.3. The first-order valence-corrected chi connectivity index (χ1v) is 7.17. The van der Waals surface area contributed by atoms with Crippen molar-refractivity contribution in [2.75, 3.05) is 0 Å². The summed E-state index contributed by atoms with van der Waals surface area (Å²) in [5, 5.41) is 11.8. The highest BCUT2D eigenvalue weighted by molar-refractivity contribution is 5.81. The summed E-state index contributed by atoms with van der Waals surface area (Å²) in [5.41, 5.74) is 0. The number of ketones is 1. The lowest BCUT2D eigenvalue weighted by Gasteiger charge is -2.17. The third-order valence-corrected chi connectivity index (χ3v) is 2.16. The van der Waals surface area contributed by atoms with Crippen LogP contribution in [0.4, 0.5) is 0 Å². The summed E-state index contributed by atoms with van der Waals surface area (Å²) in [6, 6.07) is -0.507. The molecule has 20 heavy (non-hydrogen) atoms. The average Bonchev–Trinajstić information content (AvgIpc) is 2.36. The number of rotatable bonds is 7. The van der Waals surface area contributed by atoms with E-state index in [1.807, 2.05) is 41.5 Å². The summed E-state index contributed by atoms with van der Waals surface area (Å²) < 4.78 is 0. The molecule has 0 aromatic rings. The molecule has 5 heteroatoms. The molecule has 0 aliphatic carbocycles. The number of hydrogen-bond donors (Lipinski definition) is 2. The molecule has 1 atom stereocenters. The number of carbonyl (C=O) groups is 3. The van der Waals surface area contributed by atoms with Crippen molar-refractivity contribution in [2.24, 2.45) is 5.92 Å². The van der Waals surface area contributed by atoms with Gasteiger partial charge in [0.15, 0.2) is 0 Å². The van der Waals surface area contributed by atoms with Gasteiger partial charge in [-0.05, 0) is 13.3 Å². The van der Waals surface area contributed by atoms with Gasteiger partial charge < -0.3 is 15.2 Å². The minimum Gasteiger partial charge on any atom is -0.480 e. The summed E-state index contributed by atoms with van der Waals surface area (Å²) in [5.74, 6) is -0.787. The Morgan fingerprint density at radius 1 is 1.15 bits per heavy atom. The van der Waals surface area contributed by atoms with Crippen LogP contribution in [-0.2, 0) is 14.4 Å². The predicted molar refractivity (Wildman–Crippen MR) is 81.9 cm³/mol. The van der Waals surface area contributed by atoms with Crippen LogP contribution >= 0.6 is 0 Å². The maximum atomic E-state index is 11.3. The topological polar surface area (TPSA) is 83.5 Å². The molecule has 0 aliphatic rings. The fourth-order valence-corrected chi connectivity index (χ4v) is 1.26. The molecule has 0 radical (unpaired) electrons. The van der Waals surface area contributed by atoms with E-state index in [2.05, 4.69) is 5.32 Å². The molecule has 0 aliphatic heterocycles. The minimum absolute atomic E-state index is 0.0153. The van der Waals surface area contributed by atoms with E-state index < -0.39 is 12.0 Å². The number of carbonyl (C=O) groups excluding carboxylic acids is 2. The van der Waals surface area contributed by atoms with Crippen molar-refractivity contribution in [1.82, 2.24) is 5.32 Å². The van der Waals surface area contributed by atoms with Crippen molar-refractivity contribution in [1.29, 1.82) is 0 Å². The number of hydrogen-bond acceptors (Lipinski definition) is 4. The summed E-state index contributed by atoms with van der Waals surface area (Å²) in [6.07, 6.45) is 1.44. The molecule has 0 heterocycles. The van der Waals surface area contributed by atoms with Crippen molar-refractivity contribution < 1.29 is 19.5 Å². The molecule has 0 aromatic carbocycles. The lowest BCUT2D eigenvalue weighted by atomic mass is 10.0. The normalized spacial score (nSPS) is 10.8. The van der Waals surface area contributed by atoms with Gasteiger partial charge in [0, 0.05) is 18.4 Å². The van der Waals surface area contributed by atoms with Crippen LogP contribution in [0, 0.1) is 5.92 Å². The third kappa shape index (κ3) is 16.8. The zero-order valence-electron chi connectivity index (χ0n) is 13.9. The Hall–Kier alpha value is -1.23. The van der Waals surface area contributed by atoms with Crippen LogP contribution in [0.3, 0.4) is 0 Å². The van der Waals surface area contributed by atoms with Crippen LogP contribution < -0.4 is 5.32 Å². The van der Waals surface area contributed by atoms with Gasteiger partial charge in [0.1, 0.15) is 18.1 Å². The highest BCUT2D eigenvalue weighted by Crippen LogP contribution is 2.05. The Bertz CT molecular complexity index is 263. The second kappa shape index (κ2) is 15.8. The summed E-state index contributed by atoms with van der Waals surface area (Å²) >= 11 is 0. The first-order chi connectivity index (χ1) is 9.26. The Morgan fingerprint density at radius 3 is 1.80 bits per heavy atom. The first kappa shape index (κ1) is 23.8. The van der Waals surface area contributed by atoms with Gasteiger partial charge in [-0.2, -0.15) is 0 Å². The summed E-state index contributed by atoms with van der Waals surface area (Å²) in [6.45, 7) is 12.9. The molecule has 0 saturated carbocycles. The van der Waals surface area contributed by atoms with E-state index in [0.29, 0.717) is 12.8 Å². The fraction of sp³-hybridized carbons (Fsp3) is 0.800. The van der Waals surface area contributed by atoms with Crippen LogP contribution in [0.25, 0.3) is 0 Å². The van der Waals surface area contributed by atoms with E-state index >= 15 is 0 Å². The lowest BCUT2D eigenvalue weighted by molar-refractivity contribution is -0.140. The van der Waals surface area contributed by atoms with Gasteiger partial charge in [-0.3, -0.25) is 9.59 Å². The number of aldehydes is 1. The van der Waals surface area contributed by atoms with Crippen LogP contribution in [-0.4, -0.2) is 35.2 Å². The Balaban J connectivity index is -0.000000505. The van der Waals surface area contributed by atoms with Gasteiger partial charge in [0.25, 0.3) is 0 Å². The van der Waals surface area contributed by atoms with E-state index in [1.165, 1.54) is 6.92 Å². The van der Waals surface area contributed by atoms with Crippen LogP contribution in [0.1, 0.15) is 61.3 Å². The van der Waals surface area contributed by atoms with Gasteiger partial charge in [0.05, 0.1) is 0 Å². The molecule has 0 amide bonds. The molecule has 5 nitrogen and oxygen atoms in total. The largest absolute Gasteiger partial charge is 0.480 e. The molecule has 0 fully saturated rings. The number of carboxylic acid groups (broad SMARTS) is 1. The van der Waals surface area contributed by atoms with Crippen LogP contribution in [0.2, 0.25) is 0 Å². The lowest BCUT2D eigenvalue weighted by Crippen LogP contribution is -2.41. The van der Waals surface area contributed by atoms with Crippen molar-refractivity contribution in [3.8, 4) is 0 Å². The predicted octanol–water partition coefficient (Wildman–Crippen LogP) is 2.67. The molecule has 0 rings (SSSR count). The Morgan fingerprint density at radius 2 is 1.55 bits per heavy atom. The smallest absolute Gasteiger partial charge is 0.320 e. The molecule has 0 bridgehead atoms. The quantitative estimate of drug-likeness (QED) is 0.704. The SMILES string of the molecule is CC.CC(C)NC(CCC(=O)C(C)C)C(=O)O.CC=O. The zero-order valence-corrected chi connectivity index (χ0v) is 13.9. The van der Waals surface area contributed by atoms with Gasteiger partial charge >= 0.3 is 5.97 Å². The van der Waals surface area contributed by atoms with Crippen LogP contribution in [0.15, 0.2) is 0 Å². The minimum atomic E-state index is -0.889. The van der Waals surface area contributed by atoms with Gasteiger partial charge in [-0.1, -0.05) is 41.5 Å². The second-order valence-electron chi connectivity index (χ2n) is 4.61. The van der Waals surface area contributed by atoms with Gasteiger partial charge in [-0.25, -0.2) is 0 Å². The zero-order chi connectivity index (χ0) is 16.7. The standard InChI is InChI=1S/C11H21NO3.C2H4O.C2H6/c1-7(2)10(13)6-5-9(11(14)15)12-8(3)4;1-2-3;1-2/h7-9,12H,5-6H2,1-4H3,(H,14,15);2H,1H3;1-2H3. The van der Waals surface area contributed by atoms with Gasteiger partial charge in [-0.15, -0.1) is 0 Å². The Labute approximate surface area is 123 Å².